The number of aliphatic hydroxyl groups is 1. The molecule has 0 radical (unpaired) electrons. The molecule has 1 unspecified atom stereocenters. The van der Waals surface area contributed by atoms with Gasteiger partial charge in [0.05, 0.1) is 25.3 Å². The average molecular weight is 387 g/mol. The molecule has 2 heterocycles. The number of ketones is 1. The minimum absolute atomic E-state index is 0.104. The van der Waals surface area contributed by atoms with Crippen molar-refractivity contribution >= 4 is 28.8 Å². The first-order chi connectivity index (χ1) is 13.0. The molecule has 1 saturated heterocycles. The van der Waals surface area contributed by atoms with Crippen molar-refractivity contribution in [3.8, 4) is 5.75 Å². The molecule has 0 saturated carbocycles. The molecule has 1 atom stereocenters. The molecule has 1 fully saturated rings. The summed E-state index contributed by atoms with van der Waals surface area (Å²) in [5.41, 5.74) is 1.36. The lowest BCUT2D eigenvalue weighted by Crippen LogP contribution is -2.32. The van der Waals surface area contributed by atoms with E-state index < -0.39 is 17.7 Å². The average Bonchev–Trinajstić information content (AvgIpc) is 3.27. The van der Waals surface area contributed by atoms with Gasteiger partial charge in [-0.3, -0.25) is 9.59 Å². The molecule has 142 valence electrons. The van der Waals surface area contributed by atoms with E-state index in [4.69, 9.17) is 9.47 Å². The lowest BCUT2D eigenvalue weighted by atomic mass is 9.97. The van der Waals surface area contributed by atoms with E-state index in [9.17, 15) is 14.7 Å². The zero-order chi connectivity index (χ0) is 19.6. The number of hydrogen-bond donors (Lipinski definition) is 1. The standard InChI is InChI=1S/C20H21NO5S/c1-12-11-13(26-3)6-7-14(12)18(22)16-17(15-5-4-10-27-15)21(8-9-25-2)20(24)19(16)23/h4-7,10-11,17,22H,8-9H2,1-3H3/b18-16+. The van der Waals surface area contributed by atoms with Crippen molar-refractivity contribution in [2.24, 2.45) is 0 Å². The Kier molecular flexibility index (Phi) is 5.62. The van der Waals surface area contributed by atoms with Gasteiger partial charge in [0.15, 0.2) is 0 Å². The molecule has 7 heteroatoms. The number of thiophene rings is 1. The van der Waals surface area contributed by atoms with Crippen LogP contribution in [-0.4, -0.2) is 49.1 Å². The number of carbonyl (C=O) groups excluding carboxylic acids is 2. The fraction of sp³-hybridized carbons (Fsp3) is 0.300. The minimum Gasteiger partial charge on any atom is -0.507 e. The Hall–Kier alpha value is -2.64. The van der Waals surface area contributed by atoms with E-state index >= 15 is 0 Å². The van der Waals surface area contributed by atoms with E-state index in [1.165, 1.54) is 23.3 Å². The molecule has 0 aliphatic carbocycles. The molecule has 27 heavy (non-hydrogen) atoms. The predicted octanol–water partition coefficient (Wildman–Crippen LogP) is 3.13. The van der Waals surface area contributed by atoms with E-state index in [0.717, 1.165) is 10.4 Å². The fourth-order valence-corrected chi connectivity index (χ4v) is 4.06. The van der Waals surface area contributed by atoms with E-state index in [2.05, 4.69) is 0 Å². The number of aryl methyl sites for hydroxylation is 1. The van der Waals surface area contributed by atoms with Crippen LogP contribution in [0.2, 0.25) is 0 Å². The molecule has 2 aromatic rings. The number of amides is 1. The van der Waals surface area contributed by atoms with Crippen LogP contribution in [0, 0.1) is 6.92 Å². The largest absolute Gasteiger partial charge is 0.507 e. The first-order valence-electron chi connectivity index (χ1n) is 8.45. The van der Waals surface area contributed by atoms with Gasteiger partial charge in [0.2, 0.25) is 0 Å². The lowest BCUT2D eigenvalue weighted by Gasteiger charge is -2.23. The van der Waals surface area contributed by atoms with E-state index in [1.54, 1.807) is 25.3 Å². The summed E-state index contributed by atoms with van der Waals surface area (Å²) in [6.45, 7) is 2.39. The van der Waals surface area contributed by atoms with Crippen molar-refractivity contribution < 1.29 is 24.2 Å². The van der Waals surface area contributed by atoms with Crippen molar-refractivity contribution in [2.45, 2.75) is 13.0 Å². The van der Waals surface area contributed by atoms with Crippen molar-refractivity contribution in [3.63, 3.8) is 0 Å². The highest BCUT2D eigenvalue weighted by atomic mass is 32.1. The molecule has 1 aliphatic heterocycles. The van der Waals surface area contributed by atoms with Gasteiger partial charge >= 0.3 is 0 Å². The SMILES string of the molecule is COCCN1C(=O)C(=O)/C(=C(/O)c2ccc(OC)cc2C)C1c1cccs1. The van der Waals surface area contributed by atoms with E-state index in [1.807, 2.05) is 24.4 Å². The van der Waals surface area contributed by atoms with Crippen LogP contribution in [0.15, 0.2) is 41.3 Å². The summed E-state index contributed by atoms with van der Waals surface area (Å²) in [7, 11) is 3.10. The molecule has 1 aliphatic rings. The quantitative estimate of drug-likeness (QED) is 0.468. The van der Waals surface area contributed by atoms with Gasteiger partial charge in [-0.05, 0) is 42.1 Å². The molecular formula is C20H21NO5S. The fourth-order valence-electron chi connectivity index (χ4n) is 3.22. The number of methoxy groups -OCH3 is 2. The number of nitrogens with zero attached hydrogens (tertiary/aromatic N) is 1. The Morgan fingerprint density at radius 1 is 1.26 bits per heavy atom. The van der Waals surface area contributed by atoms with Crippen LogP contribution in [0.5, 0.6) is 5.75 Å². The van der Waals surface area contributed by atoms with Crippen molar-refractivity contribution in [2.75, 3.05) is 27.4 Å². The topological polar surface area (TPSA) is 76.1 Å². The van der Waals surface area contributed by atoms with Gasteiger partial charge in [-0.25, -0.2) is 0 Å². The van der Waals surface area contributed by atoms with Crippen LogP contribution in [0.3, 0.4) is 0 Å². The minimum atomic E-state index is -0.683. The van der Waals surface area contributed by atoms with Crippen LogP contribution in [0.25, 0.3) is 5.76 Å². The second kappa shape index (κ2) is 7.94. The molecule has 1 aromatic carbocycles. The summed E-state index contributed by atoms with van der Waals surface area (Å²) >= 11 is 1.44. The highest BCUT2D eigenvalue weighted by Gasteiger charge is 2.46. The molecule has 0 bridgehead atoms. The van der Waals surface area contributed by atoms with E-state index in [-0.39, 0.29) is 17.9 Å². The smallest absolute Gasteiger partial charge is 0.295 e. The number of ether oxygens (including phenoxy) is 2. The summed E-state index contributed by atoms with van der Waals surface area (Å²) in [6.07, 6.45) is 0. The molecule has 1 N–H and O–H groups in total. The van der Waals surface area contributed by atoms with Crippen LogP contribution in [0.1, 0.15) is 22.0 Å². The summed E-state index contributed by atoms with van der Waals surface area (Å²) in [4.78, 5) is 27.7. The predicted molar refractivity (Wildman–Crippen MR) is 103 cm³/mol. The number of aliphatic hydroxyl groups excluding tert-OH is 1. The Balaban J connectivity index is 2.14. The highest BCUT2D eigenvalue weighted by Crippen LogP contribution is 2.41. The van der Waals surface area contributed by atoms with Gasteiger partial charge in [-0.2, -0.15) is 0 Å². The Morgan fingerprint density at radius 2 is 2.04 bits per heavy atom. The van der Waals surface area contributed by atoms with Crippen molar-refractivity contribution in [1.29, 1.82) is 0 Å². The number of hydrogen-bond acceptors (Lipinski definition) is 6. The zero-order valence-electron chi connectivity index (χ0n) is 15.4. The van der Waals surface area contributed by atoms with Crippen LogP contribution in [0.4, 0.5) is 0 Å². The van der Waals surface area contributed by atoms with E-state index in [0.29, 0.717) is 17.9 Å². The second-order valence-electron chi connectivity index (χ2n) is 6.18. The van der Waals surface area contributed by atoms with Gasteiger partial charge in [-0.1, -0.05) is 6.07 Å². The monoisotopic (exact) mass is 387 g/mol. The normalized spacial score (nSPS) is 18.9. The van der Waals surface area contributed by atoms with Crippen LogP contribution in [-0.2, 0) is 14.3 Å². The van der Waals surface area contributed by atoms with Gasteiger partial charge in [0.1, 0.15) is 11.5 Å². The van der Waals surface area contributed by atoms with Gasteiger partial charge in [-0.15, -0.1) is 11.3 Å². The summed E-state index contributed by atoms with van der Waals surface area (Å²) in [5.74, 6) is -0.832. The summed E-state index contributed by atoms with van der Waals surface area (Å²) < 4.78 is 10.3. The number of likely N-dealkylation sites (tertiary alicyclic amines) is 1. The maximum Gasteiger partial charge on any atom is 0.295 e. The number of Topliss-reactive ketones (excluding diaryl/α,β-unsaturated/α-hetero) is 1. The van der Waals surface area contributed by atoms with Gasteiger partial charge < -0.3 is 19.5 Å². The molecule has 1 amide bonds. The third kappa shape index (κ3) is 3.48. The van der Waals surface area contributed by atoms with Crippen molar-refractivity contribution in [3.05, 3.63) is 57.3 Å². The number of carbonyl (C=O) groups is 2. The number of benzene rings is 1. The third-order valence-electron chi connectivity index (χ3n) is 4.58. The molecule has 6 nitrogen and oxygen atoms in total. The Labute approximate surface area is 161 Å². The molecular weight excluding hydrogens is 366 g/mol. The molecule has 0 spiro atoms. The first kappa shape index (κ1) is 19.1. The maximum absolute atomic E-state index is 12.8. The zero-order valence-corrected chi connectivity index (χ0v) is 16.2. The Morgan fingerprint density at radius 3 is 2.63 bits per heavy atom. The second-order valence-corrected chi connectivity index (χ2v) is 7.16. The van der Waals surface area contributed by atoms with Gasteiger partial charge in [0, 0.05) is 24.1 Å². The number of rotatable bonds is 6. The first-order valence-corrected chi connectivity index (χ1v) is 9.33. The van der Waals surface area contributed by atoms with Crippen LogP contribution >= 0.6 is 11.3 Å². The summed E-state index contributed by atoms with van der Waals surface area (Å²) in [6, 6.07) is 8.27. The maximum atomic E-state index is 12.8. The molecule has 1 aromatic heterocycles. The van der Waals surface area contributed by atoms with Crippen molar-refractivity contribution in [1.82, 2.24) is 4.90 Å². The van der Waals surface area contributed by atoms with Gasteiger partial charge in [0.25, 0.3) is 11.7 Å². The summed E-state index contributed by atoms with van der Waals surface area (Å²) in [5, 5.41) is 12.9. The van der Waals surface area contributed by atoms with Crippen LogP contribution < -0.4 is 4.74 Å². The Bertz CT molecular complexity index is 888. The lowest BCUT2D eigenvalue weighted by molar-refractivity contribution is -0.140. The molecule has 3 rings (SSSR count). The highest BCUT2D eigenvalue weighted by molar-refractivity contribution is 7.10. The third-order valence-corrected chi connectivity index (χ3v) is 5.50.